The molecule has 1 heterocycles. The third-order valence-electron chi connectivity index (χ3n) is 4.09. The summed E-state index contributed by atoms with van der Waals surface area (Å²) in [5, 5.41) is 21.1. The summed E-state index contributed by atoms with van der Waals surface area (Å²) in [5.41, 5.74) is -0.514. The number of ether oxygens (including phenoxy) is 1. The lowest BCUT2D eigenvalue weighted by atomic mass is 10.1. The van der Waals surface area contributed by atoms with Gasteiger partial charge in [-0.3, -0.25) is 24.6 Å². The van der Waals surface area contributed by atoms with Crippen LogP contribution in [0.2, 0.25) is 0 Å². The summed E-state index contributed by atoms with van der Waals surface area (Å²) in [6.45, 7) is -0.720. The molecule has 0 radical (unpaired) electrons. The van der Waals surface area contributed by atoms with Crippen LogP contribution in [0, 0.1) is 15.9 Å². The van der Waals surface area contributed by atoms with Crippen molar-refractivity contribution < 1.29 is 28.7 Å². The van der Waals surface area contributed by atoms with Crippen molar-refractivity contribution in [2.24, 2.45) is 0 Å². The van der Waals surface area contributed by atoms with Crippen molar-refractivity contribution in [3.63, 3.8) is 0 Å². The van der Waals surface area contributed by atoms with Gasteiger partial charge in [-0.1, -0.05) is 24.3 Å². The van der Waals surface area contributed by atoms with Gasteiger partial charge in [-0.05, 0) is 12.1 Å². The Morgan fingerprint density at radius 1 is 1.15 bits per heavy atom. The van der Waals surface area contributed by atoms with Crippen LogP contribution in [0.4, 0.5) is 10.1 Å². The molecule has 0 spiro atoms. The van der Waals surface area contributed by atoms with Crippen molar-refractivity contribution in [1.82, 2.24) is 4.90 Å². The van der Waals surface area contributed by atoms with Gasteiger partial charge in [-0.25, -0.2) is 4.39 Å². The molecule has 2 aromatic rings. The minimum absolute atomic E-state index is 0.0753. The molecule has 9 heteroatoms. The molecule has 0 bridgehead atoms. The Balaban J connectivity index is 1.63. The first-order chi connectivity index (χ1) is 12.9. The molecule has 3 rings (SSSR count). The molecule has 2 aromatic carbocycles. The summed E-state index contributed by atoms with van der Waals surface area (Å²) < 4.78 is 18.7. The number of rotatable bonds is 7. The number of fused-ring (bicyclic) bond motifs is 1. The predicted octanol–water partition coefficient (Wildman–Crippen LogP) is 1.91. The van der Waals surface area contributed by atoms with Crippen molar-refractivity contribution in [2.45, 2.75) is 12.7 Å². The van der Waals surface area contributed by atoms with Gasteiger partial charge < -0.3 is 9.84 Å². The second-order valence-corrected chi connectivity index (χ2v) is 5.94. The molecule has 1 N–H and O–H groups in total. The highest BCUT2D eigenvalue weighted by atomic mass is 19.1. The number of halogens is 1. The molecule has 27 heavy (non-hydrogen) atoms. The molecule has 0 unspecified atom stereocenters. The number of nitro benzene ring substituents is 1. The fourth-order valence-electron chi connectivity index (χ4n) is 2.82. The monoisotopic (exact) mass is 374 g/mol. The fraction of sp³-hybridized carbons (Fsp3) is 0.222. The average molecular weight is 374 g/mol. The van der Waals surface area contributed by atoms with Crippen molar-refractivity contribution in [2.75, 3.05) is 13.2 Å². The van der Waals surface area contributed by atoms with Gasteiger partial charge in [0, 0.05) is 11.6 Å². The van der Waals surface area contributed by atoms with Crippen LogP contribution in [0.25, 0.3) is 0 Å². The van der Waals surface area contributed by atoms with Crippen molar-refractivity contribution >= 4 is 17.5 Å². The standard InChI is InChI=1S/C18H15FN2O6/c19-14-6-2-1-4-11(14)9-27-10-12(22)8-20-17(23)13-5-3-7-15(21(25)26)16(13)18(20)24/h1-7,12,22H,8-10H2/t12-/m0/s1. The summed E-state index contributed by atoms with van der Waals surface area (Å²) in [5.74, 6) is -2.00. The van der Waals surface area contributed by atoms with Crippen LogP contribution in [-0.2, 0) is 11.3 Å². The highest BCUT2D eigenvalue weighted by Crippen LogP contribution is 2.30. The fourth-order valence-corrected chi connectivity index (χ4v) is 2.82. The lowest BCUT2D eigenvalue weighted by molar-refractivity contribution is -0.385. The number of carbonyl (C=O) groups is 2. The molecule has 1 atom stereocenters. The van der Waals surface area contributed by atoms with E-state index in [9.17, 15) is 29.2 Å². The van der Waals surface area contributed by atoms with E-state index in [2.05, 4.69) is 0 Å². The van der Waals surface area contributed by atoms with Crippen LogP contribution in [0.15, 0.2) is 42.5 Å². The van der Waals surface area contributed by atoms with E-state index in [1.165, 1.54) is 30.3 Å². The zero-order valence-electron chi connectivity index (χ0n) is 14.0. The third kappa shape index (κ3) is 3.69. The maximum atomic E-state index is 13.5. The number of hydrogen-bond donors (Lipinski definition) is 1. The number of hydrogen-bond acceptors (Lipinski definition) is 6. The van der Waals surface area contributed by atoms with Gasteiger partial charge in [0.15, 0.2) is 0 Å². The summed E-state index contributed by atoms with van der Waals surface area (Å²) in [4.78, 5) is 35.8. The summed E-state index contributed by atoms with van der Waals surface area (Å²) in [6, 6.07) is 9.77. The van der Waals surface area contributed by atoms with E-state index in [1.54, 1.807) is 6.07 Å². The zero-order chi connectivity index (χ0) is 19.6. The summed E-state index contributed by atoms with van der Waals surface area (Å²) >= 11 is 0. The average Bonchev–Trinajstić information content (AvgIpc) is 2.88. The summed E-state index contributed by atoms with van der Waals surface area (Å²) in [7, 11) is 0. The number of imide groups is 1. The first-order valence-electron chi connectivity index (χ1n) is 8.03. The maximum absolute atomic E-state index is 13.5. The summed E-state index contributed by atoms with van der Waals surface area (Å²) in [6.07, 6.45) is -1.22. The number of aliphatic hydroxyl groups is 1. The first kappa shape index (κ1) is 18.6. The molecule has 0 aromatic heterocycles. The van der Waals surface area contributed by atoms with Gasteiger partial charge in [0.1, 0.15) is 11.4 Å². The Bertz CT molecular complexity index is 916. The van der Waals surface area contributed by atoms with Crippen LogP contribution in [-0.4, -0.2) is 46.0 Å². The third-order valence-corrected chi connectivity index (χ3v) is 4.09. The second kappa shape index (κ2) is 7.60. The molecule has 1 aliphatic rings. The van der Waals surface area contributed by atoms with Crippen LogP contribution >= 0.6 is 0 Å². The molecule has 0 saturated heterocycles. The molecule has 1 aliphatic heterocycles. The van der Waals surface area contributed by atoms with Crippen LogP contribution in [0.1, 0.15) is 26.3 Å². The Labute approximate surface area is 152 Å². The van der Waals surface area contributed by atoms with Gasteiger partial charge in [-0.15, -0.1) is 0 Å². The molecular weight excluding hydrogens is 359 g/mol. The molecule has 2 amide bonds. The molecule has 140 valence electrons. The Hall–Kier alpha value is -3.17. The van der Waals surface area contributed by atoms with E-state index in [1.807, 2.05) is 0 Å². The maximum Gasteiger partial charge on any atom is 0.282 e. The van der Waals surface area contributed by atoms with Crippen molar-refractivity contribution in [3.05, 3.63) is 75.1 Å². The minimum Gasteiger partial charge on any atom is -0.389 e. The SMILES string of the molecule is O=C1c2cccc([N+](=O)[O-])c2C(=O)N1C[C@H](O)COCc1ccccc1F. The molecule has 0 fully saturated rings. The minimum atomic E-state index is -1.22. The number of amides is 2. The van der Waals surface area contributed by atoms with E-state index in [0.29, 0.717) is 5.56 Å². The van der Waals surface area contributed by atoms with E-state index in [0.717, 1.165) is 11.0 Å². The molecule has 0 saturated carbocycles. The number of β-amino-alcohol motifs (C(OH)–C–C–N with tert-alkyl or cyclic N) is 1. The van der Waals surface area contributed by atoms with E-state index >= 15 is 0 Å². The quantitative estimate of drug-likeness (QED) is 0.450. The molecule has 0 aliphatic carbocycles. The number of aliphatic hydroxyl groups excluding tert-OH is 1. The first-order valence-corrected chi connectivity index (χ1v) is 8.03. The van der Waals surface area contributed by atoms with Gasteiger partial charge in [0.2, 0.25) is 0 Å². The highest BCUT2D eigenvalue weighted by molar-refractivity contribution is 6.23. The Morgan fingerprint density at radius 3 is 2.59 bits per heavy atom. The predicted molar refractivity (Wildman–Crippen MR) is 90.5 cm³/mol. The number of nitrogens with zero attached hydrogens (tertiary/aromatic N) is 2. The highest BCUT2D eigenvalue weighted by Gasteiger charge is 2.41. The Kier molecular flexibility index (Phi) is 5.24. The molecular formula is C18H15FN2O6. The Morgan fingerprint density at radius 2 is 1.89 bits per heavy atom. The number of carbonyl (C=O) groups excluding carboxylic acids is 2. The van der Waals surface area contributed by atoms with E-state index in [-0.39, 0.29) is 30.9 Å². The lowest BCUT2D eigenvalue weighted by Gasteiger charge is -2.18. The van der Waals surface area contributed by atoms with Crippen LogP contribution in [0.3, 0.4) is 0 Å². The van der Waals surface area contributed by atoms with Gasteiger partial charge in [0.25, 0.3) is 17.5 Å². The van der Waals surface area contributed by atoms with Crippen LogP contribution in [0.5, 0.6) is 0 Å². The van der Waals surface area contributed by atoms with Crippen molar-refractivity contribution in [1.29, 1.82) is 0 Å². The topological polar surface area (TPSA) is 110 Å². The van der Waals surface area contributed by atoms with E-state index < -0.39 is 34.3 Å². The smallest absolute Gasteiger partial charge is 0.282 e. The van der Waals surface area contributed by atoms with Crippen LogP contribution < -0.4 is 0 Å². The normalized spacial score (nSPS) is 14.4. The van der Waals surface area contributed by atoms with Gasteiger partial charge in [0.05, 0.1) is 36.3 Å². The van der Waals surface area contributed by atoms with E-state index in [4.69, 9.17) is 4.74 Å². The van der Waals surface area contributed by atoms with Crippen molar-refractivity contribution in [3.8, 4) is 0 Å². The van der Waals surface area contributed by atoms with Gasteiger partial charge in [-0.2, -0.15) is 0 Å². The second-order valence-electron chi connectivity index (χ2n) is 5.94. The number of nitro groups is 1. The number of benzene rings is 2. The largest absolute Gasteiger partial charge is 0.389 e. The zero-order valence-corrected chi connectivity index (χ0v) is 14.0. The molecule has 8 nitrogen and oxygen atoms in total. The lowest BCUT2D eigenvalue weighted by Crippen LogP contribution is -2.38. The van der Waals surface area contributed by atoms with Gasteiger partial charge >= 0.3 is 0 Å².